The largest absolute Gasteiger partial charge is 0.508 e. The quantitative estimate of drug-likeness (QED) is 0.787. The molecule has 1 amide bonds. The van der Waals surface area contributed by atoms with Crippen molar-refractivity contribution in [2.45, 2.75) is 51.1 Å². The minimum atomic E-state index is -0.529. The van der Waals surface area contributed by atoms with Gasteiger partial charge in [0, 0.05) is 6.04 Å². The van der Waals surface area contributed by atoms with Gasteiger partial charge in [0.1, 0.15) is 5.75 Å². The Morgan fingerprint density at radius 2 is 1.90 bits per heavy atom. The molecule has 4 heteroatoms. The van der Waals surface area contributed by atoms with Crippen LogP contribution in [0, 0.1) is 5.92 Å². The number of phenols is 1. The van der Waals surface area contributed by atoms with E-state index in [4.69, 9.17) is 5.73 Å². The second-order valence-corrected chi connectivity index (χ2v) is 5.94. The summed E-state index contributed by atoms with van der Waals surface area (Å²) in [7, 11) is 0. The summed E-state index contributed by atoms with van der Waals surface area (Å²) in [6.07, 6.45) is 4.96. The first-order valence-corrected chi connectivity index (χ1v) is 7.38. The van der Waals surface area contributed by atoms with Crippen molar-refractivity contribution in [2.75, 3.05) is 0 Å². The minimum Gasteiger partial charge on any atom is -0.508 e. The van der Waals surface area contributed by atoms with Crippen molar-refractivity contribution in [1.82, 2.24) is 5.32 Å². The van der Waals surface area contributed by atoms with Gasteiger partial charge < -0.3 is 16.2 Å². The minimum absolute atomic E-state index is 0.0716. The summed E-state index contributed by atoms with van der Waals surface area (Å²) < 4.78 is 0. The Kier molecular flexibility index (Phi) is 5.01. The highest BCUT2D eigenvalue weighted by Crippen LogP contribution is 2.23. The Labute approximate surface area is 120 Å². The van der Waals surface area contributed by atoms with E-state index in [0.717, 1.165) is 24.3 Å². The van der Waals surface area contributed by atoms with Gasteiger partial charge in [-0.3, -0.25) is 4.79 Å². The molecule has 0 unspecified atom stereocenters. The third-order valence-electron chi connectivity index (χ3n) is 4.09. The van der Waals surface area contributed by atoms with E-state index < -0.39 is 6.04 Å². The highest BCUT2D eigenvalue weighted by Gasteiger charge is 2.22. The fourth-order valence-electron chi connectivity index (χ4n) is 2.69. The number of rotatable bonds is 4. The molecule has 1 fully saturated rings. The Bertz CT molecular complexity index is 436. The molecule has 1 saturated carbocycles. The molecular weight excluding hydrogens is 252 g/mol. The van der Waals surface area contributed by atoms with E-state index in [1.807, 2.05) is 0 Å². The first kappa shape index (κ1) is 14.9. The fraction of sp³-hybridized carbons (Fsp3) is 0.562. The SMILES string of the molecule is CC1CCC(NC(=O)[C@@H](N)Cc2ccc(O)cc2)CC1. The highest BCUT2D eigenvalue weighted by atomic mass is 16.3. The molecule has 1 aromatic rings. The Morgan fingerprint density at radius 3 is 2.50 bits per heavy atom. The molecule has 0 radical (unpaired) electrons. The number of hydrogen-bond donors (Lipinski definition) is 3. The maximum atomic E-state index is 12.1. The average Bonchev–Trinajstić information content (AvgIpc) is 2.44. The molecule has 0 saturated heterocycles. The monoisotopic (exact) mass is 276 g/mol. The molecule has 1 aliphatic rings. The molecule has 0 aliphatic heterocycles. The van der Waals surface area contributed by atoms with Crippen LogP contribution in [0.5, 0.6) is 5.75 Å². The van der Waals surface area contributed by atoms with E-state index in [2.05, 4.69) is 12.2 Å². The first-order valence-electron chi connectivity index (χ1n) is 7.38. The average molecular weight is 276 g/mol. The third-order valence-corrected chi connectivity index (χ3v) is 4.09. The van der Waals surface area contributed by atoms with Crippen LogP contribution in [0.4, 0.5) is 0 Å². The summed E-state index contributed by atoms with van der Waals surface area (Å²) in [6, 6.07) is 6.57. The van der Waals surface area contributed by atoms with Crippen molar-refractivity contribution in [1.29, 1.82) is 0 Å². The van der Waals surface area contributed by atoms with Gasteiger partial charge in [-0.05, 0) is 55.7 Å². The van der Waals surface area contributed by atoms with Crippen LogP contribution in [-0.4, -0.2) is 23.1 Å². The van der Waals surface area contributed by atoms with Gasteiger partial charge in [-0.15, -0.1) is 0 Å². The molecular formula is C16H24N2O2. The number of hydrogen-bond acceptors (Lipinski definition) is 3. The van der Waals surface area contributed by atoms with Crippen LogP contribution in [0.25, 0.3) is 0 Å². The van der Waals surface area contributed by atoms with Crippen molar-refractivity contribution in [3.8, 4) is 5.75 Å². The molecule has 20 heavy (non-hydrogen) atoms. The maximum Gasteiger partial charge on any atom is 0.237 e. The van der Waals surface area contributed by atoms with Crippen molar-refractivity contribution in [3.05, 3.63) is 29.8 Å². The summed E-state index contributed by atoms with van der Waals surface area (Å²) in [5.41, 5.74) is 6.92. The van der Waals surface area contributed by atoms with Gasteiger partial charge in [0.15, 0.2) is 0 Å². The second kappa shape index (κ2) is 6.75. The van der Waals surface area contributed by atoms with E-state index in [-0.39, 0.29) is 17.7 Å². The molecule has 0 spiro atoms. The van der Waals surface area contributed by atoms with Crippen molar-refractivity contribution >= 4 is 5.91 Å². The van der Waals surface area contributed by atoms with Gasteiger partial charge in [-0.1, -0.05) is 19.1 Å². The van der Waals surface area contributed by atoms with Gasteiger partial charge in [0.2, 0.25) is 5.91 Å². The molecule has 1 atom stereocenters. The number of aromatic hydroxyl groups is 1. The lowest BCUT2D eigenvalue weighted by Crippen LogP contribution is -2.47. The van der Waals surface area contributed by atoms with Crippen LogP contribution in [-0.2, 0) is 11.2 Å². The number of amides is 1. The Hall–Kier alpha value is -1.55. The summed E-state index contributed by atoms with van der Waals surface area (Å²) >= 11 is 0. The third kappa shape index (κ3) is 4.23. The molecule has 0 bridgehead atoms. The van der Waals surface area contributed by atoms with E-state index in [9.17, 15) is 9.90 Å². The van der Waals surface area contributed by atoms with Crippen molar-refractivity contribution in [3.63, 3.8) is 0 Å². The summed E-state index contributed by atoms with van der Waals surface area (Å²) in [4.78, 5) is 12.1. The fourth-order valence-corrected chi connectivity index (χ4v) is 2.69. The predicted molar refractivity (Wildman–Crippen MR) is 79.3 cm³/mol. The van der Waals surface area contributed by atoms with Gasteiger partial charge >= 0.3 is 0 Å². The van der Waals surface area contributed by atoms with E-state index in [0.29, 0.717) is 6.42 Å². The van der Waals surface area contributed by atoms with Crippen LogP contribution in [0.15, 0.2) is 24.3 Å². The van der Waals surface area contributed by atoms with Crippen LogP contribution >= 0.6 is 0 Å². The zero-order chi connectivity index (χ0) is 14.5. The van der Waals surface area contributed by atoms with E-state index >= 15 is 0 Å². The smallest absolute Gasteiger partial charge is 0.237 e. The molecule has 2 rings (SSSR count). The zero-order valence-corrected chi connectivity index (χ0v) is 12.0. The van der Waals surface area contributed by atoms with Crippen LogP contribution in [0.3, 0.4) is 0 Å². The van der Waals surface area contributed by atoms with Gasteiger partial charge in [-0.2, -0.15) is 0 Å². The first-order chi connectivity index (χ1) is 9.54. The molecule has 1 aromatic carbocycles. The predicted octanol–water partition coefficient (Wildman–Crippen LogP) is 1.96. The second-order valence-electron chi connectivity index (χ2n) is 5.94. The number of nitrogens with two attached hydrogens (primary N) is 1. The number of nitrogens with one attached hydrogen (secondary N) is 1. The summed E-state index contributed by atoms with van der Waals surface area (Å²) in [5.74, 6) is 0.926. The van der Waals surface area contributed by atoms with E-state index in [1.54, 1.807) is 24.3 Å². The Balaban J connectivity index is 1.81. The topological polar surface area (TPSA) is 75.4 Å². The van der Waals surface area contributed by atoms with Crippen molar-refractivity contribution < 1.29 is 9.90 Å². The van der Waals surface area contributed by atoms with Crippen LogP contribution in [0.1, 0.15) is 38.2 Å². The lowest BCUT2D eigenvalue weighted by molar-refractivity contribution is -0.123. The number of phenolic OH excluding ortho intramolecular Hbond substituents is 1. The van der Waals surface area contributed by atoms with Crippen LogP contribution in [0.2, 0.25) is 0 Å². The molecule has 0 heterocycles. The molecule has 4 N–H and O–H groups in total. The lowest BCUT2D eigenvalue weighted by atomic mass is 9.87. The molecule has 0 aromatic heterocycles. The normalized spacial score (nSPS) is 24.1. The maximum absolute atomic E-state index is 12.1. The van der Waals surface area contributed by atoms with Gasteiger partial charge in [-0.25, -0.2) is 0 Å². The number of benzene rings is 1. The van der Waals surface area contributed by atoms with Gasteiger partial charge in [0.05, 0.1) is 6.04 Å². The zero-order valence-electron chi connectivity index (χ0n) is 12.0. The molecule has 110 valence electrons. The number of carbonyl (C=O) groups excluding carboxylic acids is 1. The van der Waals surface area contributed by atoms with Gasteiger partial charge in [0.25, 0.3) is 0 Å². The number of carbonyl (C=O) groups is 1. The summed E-state index contributed by atoms with van der Waals surface area (Å²) in [5, 5.41) is 12.3. The standard InChI is InChI=1S/C16H24N2O2/c1-11-2-6-13(7-3-11)18-16(20)15(17)10-12-4-8-14(19)9-5-12/h4-5,8-9,11,13,15,19H,2-3,6-7,10,17H2,1H3,(H,18,20)/t11?,13?,15-/m0/s1. The molecule has 4 nitrogen and oxygen atoms in total. The lowest BCUT2D eigenvalue weighted by Gasteiger charge is -2.27. The van der Waals surface area contributed by atoms with Crippen LogP contribution < -0.4 is 11.1 Å². The van der Waals surface area contributed by atoms with E-state index in [1.165, 1.54) is 12.8 Å². The Morgan fingerprint density at radius 1 is 1.30 bits per heavy atom. The highest BCUT2D eigenvalue weighted by molar-refractivity contribution is 5.82. The van der Waals surface area contributed by atoms with Crippen molar-refractivity contribution in [2.24, 2.45) is 11.7 Å². The summed E-state index contributed by atoms with van der Waals surface area (Å²) in [6.45, 7) is 2.26. The molecule has 1 aliphatic carbocycles.